The maximum Gasteiger partial charge on any atom is 0.303 e. The van der Waals surface area contributed by atoms with Gasteiger partial charge in [-0.05, 0) is 38.4 Å². The summed E-state index contributed by atoms with van der Waals surface area (Å²) in [5, 5.41) is 12.5. The molecule has 1 unspecified atom stereocenters. The number of hydrogen-bond donors (Lipinski definition) is 2. The van der Waals surface area contributed by atoms with Gasteiger partial charge in [0, 0.05) is 24.0 Å². The summed E-state index contributed by atoms with van der Waals surface area (Å²) in [5.74, 6) is -0.729. The van der Waals surface area contributed by atoms with Crippen molar-refractivity contribution in [1.82, 2.24) is 5.32 Å². The Hall–Kier alpha value is -1.04. The van der Waals surface area contributed by atoms with Crippen molar-refractivity contribution in [3.8, 4) is 0 Å². The average Bonchev–Trinajstić information content (AvgIpc) is 2.48. The average molecular weight is 309 g/mol. The van der Waals surface area contributed by atoms with Crippen molar-refractivity contribution in [3.05, 3.63) is 30.3 Å². The van der Waals surface area contributed by atoms with Crippen molar-refractivity contribution in [2.45, 2.75) is 48.5 Å². The van der Waals surface area contributed by atoms with E-state index >= 15 is 0 Å². The van der Waals surface area contributed by atoms with Gasteiger partial charge in [0.2, 0.25) is 0 Å². The molecule has 0 heterocycles. The lowest BCUT2D eigenvalue weighted by Crippen LogP contribution is -2.57. The number of aliphatic carboxylic acids is 1. The molecule has 0 aromatic heterocycles. The quantitative estimate of drug-likeness (QED) is 0.687. The SMILES string of the molecule is CCO[C@@H]1CC(NCCCC(=O)O)[C@H]1Sc1ccccc1. The molecule has 21 heavy (non-hydrogen) atoms. The zero-order chi connectivity index (χ0) is 15.1. The Labute approximate surface area is 130 Å². The number of nitrogens with one attached hydrogen (secondary N) is 1. The predicted molar refractivity (Wildman–Crippen MR) is 84.8 cm³/mol. The van der Waals surface area contributed by atoms with Gasteiger partial charge in [0.1, 0.15) is 0 Å². The molecule has 2 N–H and O–H groups in total. The van der Waals surface area contributed by atoms with Crippen LogP contribution in [0, 0.1) is 0 Å². The van der Waals surface area contributed by atoms with Gasteiger partial charge in [-0.3, -0.25) is 4.79 Å². The van der Waals surface area contributed by atoms with Crippen LogP contribution in [0.15, 0.2) is 35.2 Å². The van der Waals surface area contributed by atoms with Gasteiger partial charge in [0.05, 0.1) is 11.4 Å². The van der Waals surface area contributed by atoms with E-state index < -0.39 is 5.97 Å². The molecule has 2 rings (SSSR count). The molecule has 0 radical (unpaired) electrons. The second kappa shape index (κ2) is 8.41. The Bertz CT molecular complexity index is 440. The molecule has 1 aliphatic carbocycles. The van der Waals surface area contributed by atoms with Gasteiger partial charge >= 0.3 is 5.97 Å². The number of rotatable bonds is 9. The van der Waals surface area contributed by atoms with Gasteiger partial charge in [-0.1, -0.05) is 18.2 Å². The van der Waals surface area contributed by atoms with E-state index in [4.69, 9.17) is 9.84 Å². The minimum absolute atomic E-state index is 0.227. The number of carboxylic acids is 1. The van der Waals surface area contributed by atoms with Crippen LogP contribution in [0.4, 0.5) is 0 Å². The number of carbonyl (C=O) groups is 1. The molecule has 4 nitrogen and oxygen atoms in total. The largest absolute Gasteiger partial charge is 0.481 e. The Morgan fingerprint density at radius 1 is 1.43 bits per heavy atom. The van der Waals surface area contributed by atoms with E-state index in [1.54, 1.807) is 0 Å². The van der Waals surface area contributed by atoms with E-state index in [1.807, 2.05) is 36.9 Å². The molecule has 0 amide bonds. The van der Waals surface area contributed by atoms with E-state index in [-0.39, 0.29) is 12.5 Å². The topological polar surface area (TPSA) is 58.6 Å². The monoisotopic (exact) mass is 309 g/mol. The van der Waals surface area contributed by atoms with Crippen LogP contribution >= 0.6 is 11.8 Å². The third-order valence-electron chi connectivity index (χ3n) is 3.62. The van der Waals surface area contributed by atoms with Gasteiger partial charge in [-0.25, -0.2) is 0 Å². The molecule has 0 saturated heterocycles. The predicted octanol–water partition coefficient (Wildman–Crippen LogP) is 2.78. The van der Waals surface area contributed by atoms with Gasteiger partial charge in [-0.2, -0.15) is 0 Å². The molecular formula is C16H23NO3S. The summed E-state index contributed by atoms with van der Waals surface area (Å²) in [5.41, 5.74) is 0. The van der Waals surface area contributed by atoms with Crippen molar-refractivity contribution in [2.75, 3.05) is 13.2 Å². The van der Waals surface area contributed by atoms with Gasteiger partial charge < -0.3 is 15.2 Å². The van der Waals surface area contributed by atoms with E-state index in [9.17, 15) is 4.79 Å². The summed E-state index contributed by atoms with van der Waals surface area (Å²) in [4.78, 5) is 11.8. The highest BCUT2D eigenvalue weighted by atomic mass is 32.2. The molecule has 1 saturated carbocycles. The number of ether oxygens (including phenoxy) is 1. The number of hydrogen-bond acceptors (Lipinski definition) is 4. The maximum atomic E-state index is 10.5. The van der Waals surface area contributed by atoms with Crippen molar-refractivity contribution in [3.63, 3.8) is 0 Å². The van der Waals surface area contributed by atoms with Crippen LogP contribution in [0.1, 0.15) is 26.2 Å². The molecule has 116 valence electrons. The summed E-state index contributed by atoms with van der Waals surface area (Å²) < 4.78 is 5.78. The minimum Gasteiger partial charge on any atom is -0.481 e. The lowest BCUT2D eigenvalue weighted by Gasteiger charge is -2.44. The third kappa shape index (κ3) is 5.02. The highest BCUT2D eigenvalue weighted by molar-refractivity contribution is 8.00. The van der Waals surface area contributed by atoms with Crippen LogP contribution < -0.4 is 5.32 Å². The Balaban J connectivity index is 1.82. The van der Waals surface area contributed by atoms with Crippen molar-refractivity contribution < 1.29 is 14.6 Å². The molecule has 1 aliphatic rings. The van der Waals surface area contributed by atoms with Crippen LogP contribution in [0.5, 0.6) is 0 Å². The van der Waals surface area contributed by atoms with E-state index in [1.165, 1.54) is 4.90 Å². The lowest BCUT2D eigenvalue weighted by molar-refractivity contribution is -0.137. The molecule has 1 fully saturated rings. The highest BCUT2D eigenvalue weighted by Crippen LogP contribution is 2.38. The summed E-state index contributed by atoms with van der Waals surface area (Å²) in [6.45, 7) is 3.52. The molecular weight excluding hydrogens is 286 g/mol. The zero-order valence-corrected chi connectivity index (χ0v) is 13.1. The summed E-state index contributed by atoms with van der Waals surface area (Å²) in [6.07, 6.45) is 2.20. The van der Waals surface area contributed by atoms with Crippen molar-refractivity contribution >= 4 is 17.7 Å². The molecule has 3 atom stereocenters. The fraction of sp³-hybridized carbons (Fsp3) is 0.562. The normalized spacial score (nSPS) is 24.5. The minimum atomic E-state index is -0.729. The zero-order valence-electron chi connectivity index (χ0n) is 12.3. The second-order valence-electron chi connectivity index (χ2n) is 5.18. The van der Waals surface area contributed by atoms with Crippen LogP contribution in [-0.2, 0) is 9.53 Å². The standard InChI is InChI=1S/C16H23NO3S/c1-2-20-14-11-13(17-10-6-9-15(18)19)16(14)21-12-7-4-3-5-8-12/h3-5,7-8,13-14,16-17H,2,6,9-11H2,1H3,(H,18,19)/t13?,14-,16-/m1/s1. The third-order valence-corrected chi connectivity index (χ3v) is 5.07. The Morgan fingerprint density at radius 2 is 2.19 bits per heavy atom. The van der Waals surface area contributed by atoms with E-state index in [0.29, 0.717) is 17.7 Å². The van der Waals surface area contributed by atoms with E-state index in [0.717, 1.165) is 19.6 Å². The number of carboxylic acid groups (broad SMARTS) is 1. The van der Waals surface area contributed by atoms with Gasteiger partial charge in [-0.15, -0.1) is 11.8 Å². The first kappa shape index (κ1) is 16.3. The molecule has 1 aromatic carbocycles. The van der Waals surface area contributed by atoms with Crippen molar-refractivity contribution in [2.24, 2.45) is 0 Å². The first-order valence-corrected chi connectivity index (χ1v) is 8.37. The summed E-state index contributed by atoms with van der Waals surface area (Å²) >= 11 is 1.85. The van der Waals surface area contributed by atoms with Crippen molar-refractivity contribution in [1.29, 1.82) is 0 Å². The van der Waals surface area contributed by atoms with Crippen LogP contribution in [0.3, 0.4) is 0 Å². The summed E-state index contributed by atoms with van der Waals surface area (Å²) in [6, 6.07) is 10.8. The second-order valence-corrected chi connectivity index (χ2v) is 6.43. The van der Waals surface area contributed by atoms with E-state index in [2.05, 4.69) is 17.4 Å². The molecule has 0 bridgehead atoms. The first-order valence-electron chi connectivity index (χ1n) is 7.49. The van der Waals surface area contributed by atoms with Crippen LogP contribution in [0.2, 0.25) is 0 Å². The fourth-order valence-corrected chi connectivity index (χ4v) is 3.84. The van der Waals surface area contributed by atoms with Gasteiger partial charge in [0.15, 0.2) is 0 Å². The molecule has 0 spiro atoms. The molecule has 1 aromatic rings. The smallest absolute Gasteiger partial charge is 0.303 e. The van der Waals surface area contributed by atoms with Crippen LogP contribution in [-0.4, -0.2) is 41.6 Å². The fourth-order valence-electron chi connectivity index (χ4n) is 2.50. The molecule has 0 aliphatic heterocycles. The molecule has 5 heteroatoms. The summed E-state index contributed by atoms with van der Waals surface area (Å²) in [7, 11) is 0. The maximum absolute atomic E-state index is 10.5. The van der Waals surface area contributed by atoms with Crippen LogP contribution in [0.25, 0.3) is 0 Å². The first-order chi connectivity index (χ1) is 10.2. The Kier molecular flexibility index (Phi) is 6.54. The number of thioether (sulfide) groups is 1. The Morgan fingerprint density at radius 3 is 2.86 bits per heavy atom. The lowest BCUT2D eigenvalue weighted by atomic mass is 9.88. The highest BCUT2D eigenvalue weighted by Gasteiger charge is 2.41. The number of benzene rings is 1. The van der Waals surface area contributed by atoms with Gasteiger partial charge in [0.25, 0.3) is 0 Å².